The van der Waals surface area contributed by atoms with Crippen LogP contribution in [0.15, 0.2) is 18.2 Å². The van der Waals surface area contributed by atoms with Crippen molar-refractivity contribution >= 4 is 28.6 Å². The van der Waals surface area contributed by atoms with Crippen LogP contribution in [0.1, 0.15) is 80.7 Å². The van der Waals surface area contributed by atoms with Crippen LogP contribution in [0.5, 0.6) is 5.75 Å². The average molecular weight is 504 g/mol. The van der Waals surface area contributed by atoms with Crippen molar-refractivity contribution in [2.24, 2.45) is 10.8 Å². The summed E-state index contributed by atoms with van der Waals surface area (Å²) < 4.78 is 18.4. The number of ether oxygens (including phenoxy) is 3. The van der Waals surface area contributed by atoms with E-state index in [0.29, 0.717) is 13.0 Å². The fourth-order valence-corrected chi connectivity index (χ4v) is 3.65. The van der Waals surface area contributed by atoms with Gasteiger partial charge in [0.1, 0.15) is 11.4 Å². The second-order valence-electron chi connectivity index (χ2n) is 8.70. The molecule has 0 aliphatic rings. The van der Waals surface area contributed by atoms with Crippen molar-refractivity contribution in [2.75, 3.05) is 6.61 Å². The lowest BCUT2D eigenvalue weighted by atomic mass is 9.66. The molecule has 0 saturated heterocycles. The van der Waals surface area contributed by atoms with Crippen molar-refractivity contribution in [1.29, 1.82) is 0 Å². The zero-order valence-electron chi connectivity index (χ0n) is 18.9. The maximum atomic E-state index is 13.2. The average Bonchev–Trinajstić information content (AvgIpc) is 2.61. The van der Waals surface area contributed by atoms with Gasteiger partial charge in [0.15, 0.2) is 6.29 Å². The van der Waals surface area contributed by atoms with Gasteiger partial charge in [0.2, 0.25) is 0 Å². The normalized spacial score (nSPS) is 17.4. The molecule has 0 spiro atoms. The second-order valence-corrected chi connectivity index (χ2v) is 9.86. The summed E-state index contributed by atoms with van der Waals surface area (Å²) in [6, 6.07) is 5.94. The summed E-state index contributed by atoms with van der Waals surface area (Å²) in [5.74, 6) is 0.621. The van der Waals surface area contributed by atoms with E-state index in [4.69, 9.17) is 14.2 Å². The van der Waals surface area contributed by atoms with Gasteiger partial charge in [0, 0.05) is 6.61 Å². The van der Waals surface area contributed by atoms with E-state index in [1.165, 1.54) is 0 Å². The topological polar surface area (TPSA) is 44.8 Å². The largest absolute Gasteiger partial charge is 0.464 e. The van der Waals surface area contributed by atoms with E-state index in [2.05, 4.69) is 43.4 Å². The second kappa shape index (κ2) is 9.79. The van der Waals surface area contributed by atoms with Gasteiger partial charge in [0.05, 0.1) is 8.99 Å². The predicted molar refractivity (Wildman–Crippen MR) is 122 cm³/mol. The van der Waals surface area contributed by atoms with E-state index in [1.54, 1.807) is 0 Å². The zero-order valence-corrected chi connectivity index (χ0v) is 21.1. The highest BCUT2D eigenvalue weighted by Gasteiger charge is 2.46. The molecular formula is C23H37IO4. The molecule has 0 radical (unpaired) electrons. The van der Waals surface area contributed by atoms with Crippen LogP contribution in [-0.4, -0.2) is 18.9 Å². The fraction of sp³-hybridized carbons (Fsp3) is 0.696. The van der Waals surface area contributed by atoms with Gasteiger partial charge >= 0.3 is 5.97 Å². The number of halogens is 1. The summed E-state index contributed by atoms with van der Waals surface area (Å²) in [6.07, 6.45) is 1.11. The van der Waals surface area contributed by atoms with E-state index in [9.17, 15) is 4.79 Å². The van der Waals surface area contributed by atoms with Gasteiger partial charge in [-0.3, -0.25) is 4.79 Å². The molecule has 1 aromatic rings. The first-order chi connectivity index (χ1) is 12.8. The maximum absolute atomic E-state index is 13.2. The maximum Gasteiger partial charge on any atom is 0.313 e. The van der Waals surface area contributed by atoms with Crippen LogP contribution in [0.4, 0.5) is 0 Å². The molecule has 4 nitrogen and oxygen atoms in total. The Labute approximate surface area is 184 Å². The Morgan fingerprint density at radius 1 is 1.07 bits per heavy atom. The van der Waals surface area contributed by atoms with Gasteiger partial charge < -0.3 is 14.2 Å². The number of carbonyl (C=O) groups is 1. The van der Waals surface area contributed by atoms with Gasteiger partial charge in [0.25, 0.3) is 0 Å². The van der Waals surface area contributed by atoms with Gasteiger partial charge in [-0.2, -0.15) is 0 Å². The Bertz CT molecular complexity index is 667. The number of rotatable bonds is 9. The molecular weight excluding hydrogens is 467 g/mol. The highest BCUT2D eigenvalue weighted by atomic mass is 127. The van der Waals surface area contributed by atoms with Crippen LogP contribution in [0.2, 0.25) is 0 Å². The summed E-state index contributed by atoms with van der Waals surface area (Å²) in [6.45, 7) is 18.8. The van der Waals surface area contributed by atoms with Gasteiger partial charge in [-0.1, -0.05) is 40.7 Å². The minimum Gasteiger partial charge on any atom is -0.464 e. The summed E-state index contributed by atoms with van der Waals surface area (Å²) >= 11 is 2.25. The van der Waals surface area contributed by atoms with E-state index < -0.39 is 11.0 Å². The first-order valence-electron chi connectivity index (χ1n) is 10.2. The number of benzene rings is 1. The number of hydrogen-bond donors (Lipinski definition) is 0. The summed E-state index contributed by atoms with van der Waals surface area (Å²) in [5, 5.41) is 0. The molecule has 160 valence electrons. The molecule has 5 heteroatoms. The third-order valence-corrected chi connectivity index (χ3v) is 6.89. The highest BCUT2D eigenvalue weighted by molar-refractivity contribution is 14.1. The standard InChI is InChI=1S/C23H37IO4/c1-10-22(8,21(5,6)7)20(25)28-23(9,11-2)17-13-14-19(18(24)15-17)27-16(4)26-12-3/h13-16H,10-12H2,1-9H3. The lowest BCUT2D eigenvalue weighted by Crippen LogP contribution is -2.44. The number of carbonyl (C=O) groups excluding carboxylic acids is 1. The molecule has 0 N–H and O–H groups in total. The van der Waals surface area contributed by atoms with Crippen molar-refractivity contribution in [3.05, 3.63) is 27.3 Å². The summed E-state index contributed by atoms with van der Waals surface area (Å²) in [4.78, 5) is 13.2. The monoisotopic (exact) mass is 504 g/mol. The van der Waals surface area contributed by atoms with Crippen molar-refractivity contribution < 1.29 is 19.0 Å². The third-order valence-electron chi connectivity index (χ3n) is 6.04. The SMILES string of the molecule is CCOC(C)Oc1ccc(C(C)(CC)OC(=O)C(C)(CC)C(C)(C)C)cc1I. The molecule has 0 aliphatic carbocycles. The molecule has 0 aliphatic heterocycles. The van der Waals surface area contributed by atoms with Crippen LogP contribution in [0.3, 0.4) is 0 Å². The first kappa shape index (κ1) is 25.2. The van der Waals surface area contributed by atoms with Crippen molar-refractivity contribution in [3.8, 4) is 5.75 Å². The van der Waals surface area contributed by atoms with E-state index in [0.717, 1.165) is 21.3 Å². The molecule has 1 rings (SSSR count). The zero-order chi connectivity index (χ0) is 21.8. The van der Waals surface area contributed by atoms with E-state index in [1.807, 2.05) is 59.7 Å². The number of esters is 1. The lowest BCUT2D eigenvalue weighted by Gasteiger charge is -2.42. The molecule has 0 aromatic heterocycles. The van der Waals surface area contributed by atoms with Crippen LogP contribution < -0.4 is 4.74 Å². The predicted octanol–water partition coefficient (Wildman–Crippen LogP) is 6.68. The Balaban J connectivity index is 3.14. The molecule has 28 heavy (non-hydrogen) atoms. The molecule has 3 unspecified atom stereocenters. The minimum absolute atomic E-state index is 0.146. The van der Waals surface area contributed by atoms with Crippen molar-refractivity contribution in [2.45, 2.75) is 87.0 Å². The molecule has 3 atom stereocenters. The summed E-state index contributed by atoms with van der Waals surface area (Å²) in [7, 11) is 0. The van der Waals surface area contributed by atoms with Crippen molar-refractivity contribution in [1.82, 2.24) is 0 Å². The Kier molecular flexibility index (Phi) is 8.82. The molecule has 0 bridgehead atoms. The minimum atomic E-state index is -0.692. The quantitative estimate of drug-likeness (QED) is 0.214. The summed E-state index contributed by atoms with van der Waals surface area (Å²) in [5.41, 5.74) is -0.457. The molecule has 0 fully saturated rings. The van der Waals surface area contributed by atoms with Crippen LogP contribution in [0, 0.1) is 14.4 Å². The third kappa shape index (κ3) is 5.62. The molecule has 1 aromatic carbocycles. The van der Waals surface area contributed by atoms with E-state index in [-0.39, 0.29) is 17.7 Å². The Morgan fingerprint density at radius 3 is 2.11 bits per heavy atom. The fourth-order valence-electron chi connectivity index (χ4n) is 3.01. The van der Waals surface area contributed by atoms with Gasteiger partial charge in [-0.15, -0.1) is 0 Å². The van der Waals surface area contributed by atoms with E-state index >= 15 is 0 Å². The Hall–Kier alpha value is -0.820. The van der Waals surface area contributed by atoms with Crippen LogP contribution in [0.25, 0.3) is 0 Å². The highest BCUT2D eigenvalue weighted by Crippen LogP contribution is 2.44. The lowest BCUT2D eigenvalue weighted by molar-refractivity contribution is -0.179. The van der Waals surface area contributed by atoms with Gasteiger partial charge in [-0.25, -0.2) is 0 Å². The van der Waals surface area contributed by atoms with Crippen LogP contribution in [-0.2, 0) is 19.9 Å². The first-order valence-corrected chi connectivity index (χ1v) is 11.2. The smallest absolute Gasteiger partial charge is 0.313 e. The van der Waals surface area contributed by atoms with Crippen LogP contribution >= 0.6 is 22.6 Å². The number of hydrogen-bond acceptors (Lipinski definition) is 4. The van der Waals surface area contributed by atoms with Gasteiger partial charge in [-0.05, 0) is 86.2 Å². The Morgan fingerprint density at radius 2 is 1.68 bits per heavy atom. The molecule has 0 heterocycles. The van der Waals surface area contributed by atoms with Crippen molar-refractivity contribution in [3.63, 3.8) is 0 Å². The molecule has 0 saturated carbocycles. The molecule has 0 amide bonds.